The Morgan fingerprint density at radius 1 is 1.18 bits per heavy atom. The van der Waals surface area contributed by atoms with Crippen molar-refractivity contribution in [3.63, 3.8) is 0 Å². The molecule has 0 radical (unpaired) electrons. The van der Waals surface area contributed by atoms with Gasteiger partial charge in [0.25, 0.3) is 0 Å². The number of halogens is 1. The van der Waals surface area contributed by atoms with Crippen molar-refractivity contribution in [1.29, 1.82) is 0 Å². The Labute approximate surface area is 131 Å². The largest absolute Gasteiger partial charge is 0.497 e. The SMILES string of the molecule is COC(=O)c1ccc2nc(-c3cc(Cl)cc(OC)c3)oc2c1. The molecule has 0 amide bonds. The van der Waals surface area contributed by atoms with E-state index < -0.39 is 5.97 Å². The number of carbonyl (C=O) groups is 1. The number of hydrogen-bond acceptors (Lipinski definition) is 5. The van der Waals surface area contributed by atoms with Crippen LogP contribution in [0.25, 0.3) is 22.6 Å². The molecule has 6 heteroatoms. The zero-order valence-corrected chi connectivity index (χ0v) is 12.7. The number of nitrogens with zero attached hydrogens (tertiary/aromatic N) is 1. The summed E-state index contributed by atoms with van der Waals surface area (Å²) in [5.74, 6) is 0.585. The molecule has 0 aliphatic carbocycles. The second-order valence-electron chi connectivity index (χ2n) is 4.57. The van der Waals surface area contributed by atoms with Crippen LogP contribution in [0.4, 0.5) is 0 Å². The lowest BCUT2D eigenvalue weighted by molar-refractivity contribution is 0.0601. The van der Waals surface area contributed by atoms with Gasteiger partial charge in [-0.25, -0.2) is 9.78 Å². The monoisotopic (exact) mass is 317 g/mol. The second-order valence-corrected chi connectivity index (χ2v) is 5.01. The lowest BCUT2D eigenvalue weighted by atomic mass is 10.2. The van der Waals surface area contributed by atoms with Gasteiger partial charge in [0.1, 0.15) is 11.3 Å². The van der Waals surface area contributed by atoms with Gasteiger partial charge in [0, 0.05) is 10.6 Å². The summed E-state index contributed by atoms with van der Waals surface area (Å²) in [6.45, 7) is 0. The first-order valence-electron chi connectivity index (χ1n) is 6.44. The first kappa shape index (κ1) is 14.4. The smallest absolute Gasteiger partial charge is 0.337 e. The van der Waals surface area contributed by atoms with E-state index in [1.165, 1.54) is 7.11 Å². The number of ether oxygens (including phenoxy) is 2. The zero-order valence-electron chi connectivity index (χ0n) is 11.9. The summed E-state index contributed by atoms with van der Waals surface area (Å²) in [5.41, 5.74) is 2.24. The third kappa shape index (κ3) is 2.63. The van der Waals surface area contributed by atoms with E-state index in [-0.39, 0.29) is 0 Å². The molecule has 3 aromatic rings. The maximum absolute atomic E-state index is 11.5. The van der Waals surface area contributed by atoms with Crippen molar-refractivity contribution >= 4 is 28.7 Å². The Hall–Kier alpha value is -2.53. The van der Waals surface area contributed by atoms with Crippen LogP contribution in [0.15, 0.2) is 40.8 Å². The standard InChI is InChI=1S/C16H12ClNO4/c1-20-12-6-10(5-11(17)8-12)15-18-13-4-3-9(16(19)21-2)7-14(13)22-15/h3-8H,1-2H3. The van der Waals surface area contributed by atoms with Gasteiger partial charge in [-0.05, 0) is 36.4 Å². The van der Waals surface area contributed by atoms with Crippen LogP contribution in [0.1, 0.15) is 10.4 Å². The molecule has 0 aliphatic rings. The Bertz CT molecular complexity index is 856. The van der Waals surface area contributed by atoms with Gasteiger partial charge < -0.3 is 13.9 Å². The summed E-state index contributed by atoms with van der Waals surface area (Å²) < 4.78 is 15.6. The van der Waals surface area contributed by atoms with Gasteiger partial charge in [-0.2, -0.15) is 0 Å². The van der Waals surface area contributed by atoms with Crippen molar-refractivity contribution in [1.82, 2.24) is 4.98 Å². The molecular weight excluding hydrogens is 306 g/mol. The zero-order chi connectivity index (χ0) is 15.7. The van der Waals surface area contributed by atoms with Gasteiger partial charge >= 0.3 is 5.97 Å². The topological polar surface area (TPSA) is 61.6 Å². The van der Waals surface area contributed by atoms with Crippen LogP contribution >= 0.6 is 11.6 Å². The van der Waals surface area contributed by atoms with E-state index in [0.29, 0.717) is 38.9 Å². The van der Waals surface area contributed by atoms with Gasteiger partial charge in [0.15, 0.2) is 5.58 Å². The summed E-state index contributed by atoms with van der Waals surface area (Å²) in [4.78, 5) is 15.9. The van der Waals surface area contributed by atoms with Crippen LogP contribution in [0.2, 0.25) is 5.02 Å². The van der Waals surface area contributed by atoms with Gasteiger partial charge in [-0.1, -0.05) is 11.6 Å². The van der Waals surface area contributed by atoms with E-state index >= 15 is 0 Å². The third-order valence-electron chi connectivity index (χ3n) is 3.16. The highest BCUT2D eigenvalue weighted by Gasteiger charge is 2.13. The lowest BCUT2D eigenvalue weighted by Crippen LogP contribution is -2.00. The summed E-state index contributed by atoms with van der Waals surface area (Å²) in [7, 11) is 2.89. The number of hydrogen-bond donors (Lipinski definition) is 0. The average molecular weight is 318 g/mol. The normalized spacial score (nSPS) is 10.7. The summed E-state index contributed by atoms with van der Waals surface area (Å²) in [5, 5.41) is 0.520. The summed E-state index contributed by atoms with van der Waals surface area (Å²) in [6.07, 6.45) is 0. The second kappa shape index (κ2) is 5.69. The Morgan fingerprint density at radius 2 is 2.00 bits per heavy atom. The fourth-order valence-corrected chi connectivity index (χ4v) is 2.32. The van der Waals surface area contributed by atoms with Crippen LogP contribution in [-0.2, 0) is 4.74 Å². The predicted molar refractivity (Wildman–Crippen MR) is 82.3 cm³/mol. The molecule has 0 unspecified atom stereocenters. The fourth-order valence-electron chi connectivity index (χ4n) is 2.10. The molecule has 0 N–H and O–H groups in total. The molecule has 5 nitrogen and oxygen atoms in total. The molecule has 1 aromatic heterocycles. The van der Waals surface area contributed by atoms with Crippen molar-refractivity contribution in [2.45, 2.75) is 0 Å². The van der Waals surface area contributed by atoms with Crippen LogP contribution in [0, 0.1) is 0 Å². The number of carbonyl (C=O) groups excluding carboxylic acids is 1. The molecule has 2 aromatic carbocycles. The van der Waals surface area contributed by atoms with Crippen LogP contribution in [-0.4, -0.2) is 25.2 Å². The number of methoxy groups -OCH3 is 2. The van der Waals surface area contributed by atoms with E-state index in [1.54, 1.807) is 43.5 Å². The molecule has 0 atom stereocenters. The molecule has 3 rings (SSSR count). The molecule has 0 saturated carbocycles. The maximum Gasteiger partial charge on any atom is 0.337 e. The lowest BCUT2D eigenvalue weighted by Gasteiger charge is -2.02. The molecule has 0 bridgehead atoms. The Morgan fingerprint density at radius 3 is 2.73 bits per heavy atom. The molecule has 0 fully saturated rings. The van der Waals surface area contributed by atoms with E-state index in [0.717, 1.165) is 0 Å². The van der Waals surface area contributed by atoms with Crippen molar-refractivity contribution in [3.8, 4) is 17.2 Å². The highest BCUT2D eigenvalue weighted by atomic mass is 35.5. The predicted octanol–water partition coefficient (Wildman–Crippen LogP) is 3.94. The summed E-state index contributed by atoms with van der Waals surface area (Å²) >= 11 is 6.05. The van der Waals surface area contributed by atoms with Crippen molar-refractivity contribution in [2.24, 2.45) is 0 Å². The maximum atomic E-state index is 11.5. The minimum Gasteiger partial charge on any atom is -0.497 e. The third-order valence-corrected chi connectivity index (χ3v) is 3.38. The van der Waals surface area contributed by atoms with Gasteiger partial charge in [-0.15, -0.1) is 0 Å². The molecule has 112 valence electrons. The minimum atomic E-state index is -0.427. The van der Waals surface area contributed by atoms with Crippen molar-refractivity contribution < 1.29 is 18.7 Å². The van der Waals surface area contributed by atoms with Crippen LogP contribution < -0.4 is 4.74 Å². The number of esters is 1. The number of aromatic nitrogens is 1. The summed E-state index contributed by atoms with van der Waals surface area (Å²) in [6, 6.07) is 10.1. The molecule has 0 spiro atoms. The highest BCUT2D eigenvalue weighted by molar-refractivity contribution is 6.31. The fraction of sp³-hybridized carbons (Fsp3) is 0.125. The first-order valence-corrected chi connectivity index (χ1v) is 6.82. The van der Waals surface area contributed by atoms with Gasteiger partial charge in [0.2, 0.25) is 5.89 Å². The van der Waals surface area contributed by atoms with Gasteiger partial charge in [0.05, 0.1) is 19.8 Å². The van der Waals surface area contributed by atoms with E-state index in [4.69, 9.17) is 20.8 Å². The molecule has 22 heavy (non-hydrogen) atoms. The van der Waals surface area contributed by atoms with Crippen LogP contribution in [0.3, 0.4) is 0 Å². The Balaban J connectivity index is 2.08. The van der Waals surface area contributed by atoms with E-state index in [2.05, 4.69) is 9.72 Å². The number of oxazole rings is 1. The molecule has 1 heterocycles. The molecule has 0 saturated heterocycles. The first-order chi connectivity index (χ1) is 10.6. The molecule has 0 aliphatic heterocycles. The van der Waals surface area contributed by atoms with Crippen LogP contribution in [0.5, 0.6) is 5.75 Å². The molecular formula is C16H12ClNO4. The number of rotatable bonds is 3. The minimum absolute atomic E-state index is 0.401. The average Bonchev–Trinajstić information content (AvgIpc) is 2.96. The Kier molecular flexibility index (Phi) is 3.73. The van der Waals surface area contributed by atoms with E-state index in [9.17, 15) is 4.79 Å². The number of fused-ring (bicyclic) bond motifs is 1. The van der Waals surface area contributed by atoms with Crippen molar-refractivity contribution in [3.05, 3.63) is 47.0 Å². The highest BCUT2D eigenvalue weighted by Crippen LogP contribution is 2.30. The number of benzene rings is 2. The van der Waals surface area contributed by atoms with Gasteiger partial charge in [-0.3, -0.25) is 0 Å². The van der Waals surface area contributed by atoms with Crippen molar-refractivity contribution in [2.75, 3.05) is 14.2 Å². The quantitative estimate of drug-likeness (QED) is 0.685. The van der Waals surface area contributed by atoms with E-state index in [1.807, 2.05) is 0 Å².